The van der Waals surface area contributed by atoms with Gasteiger partial charge in [-0.15, -0.1) is 0 Å². The number of aryl methyl sites for hydroxylation is 1. The number of fused-ring (bicyclic) bond motifs is 2. The summed E-state index contributed by atoms with van der Waals surface area (Å²) < 4.78 is 1.76. The van der Waals surface area contributed by atoms with E-state index in [4.69, 9.17) is 0 Å². The summed E-state index contributed by atoms with van der Waals surface area (Å²) in [6, 6.07) is 12.8. The van der Waals surface area contributed by atoms with Crippen LogP contribution in [0, 0.1) is 0 Å². The number of rotatable bonds is 1. The number of carbonyl (C=O) groups is 1. The molecule has 2 aromatic carbocycles. The number of aliphatic hydroxyl groups is 1. The third-order valence-electron chi connectivity index (χ3n) is 4.43. The Kier molecular flexibility index (Phi) is 2.47. The van der Waals surface area contributed by atoms with Gasteiger partial charge in [0.2, 0.25) is 0 Å². The fraction of sp³-hybridized carbons (Fsp3) is 0.176. The van der Waals surface area contributed by atoms with Crippen molar-refractivity contribution in [2.24, 2.45) is 7.05 Å². The molecule has 4 rings (SSSR count). The first-order chi connectivity index (χ1) is 10.5. The van der Waals surface area contributed by atoms with Gasteiger partial charge in [0.15, 0.2) is 5.60 Å². The molecule has 0 bridgehead atoms. The molecule has 0 aliphatic carbocycles. The van der Waals surface area contributed by atoms with Crippen LogP contribution < -0.4 is 4.90 Å². The predicted molar refractivity (Wildman–Crippen MR) is 83.6 cm³/mol. The van der Waals surface area contributed by atoms with E-state index in [0.29, 0.717) is 11.1 Å². The summed E-state index contributed by atoms with van der Waals surface area (Å²) >= 11 is 0. The molecule has 0 spiro atoms. The van der Waals surface area contributed by atoms with Gasteiger partial charge >= 0.3 is 0 Å². The van der Waals surface area contributed by atoms with Crippen molar-refractivity contribution in [3.05, 3.63) is 59.8 Å². The molecule has 1 amide bonds. The van der Waals surface area contributed by atoms with Crippen molar-refractivity contribution in [2.75, 3.05) is 11.9 Å². The summed E-state index contributed by atoms with van der Waals surface area (Å²) in [5, 5.41) is 16.3. The van der Waals surface area contributed by atoms with Gasteiger partial charge in [0.05, 0.1) is 17.4 Å². The molecule has 1 aromatic heterocycles. The molecule has 5 heteroatoms. The Morgan fingerprint density at radius 1 is 1.14 bits per heavy atom. The molecule has 0 fully saturated rings. The summed E-state index contributed by atoms with van der Waals surface area (Å²) in [4.78, 5) is 14.2. The maximum absolute atomic E-state index is 12.7. The number of nitrogens with zero attached hydrogens (tertiary/aromatic N) is 3. The van der Waals surface area contributed by atoms with E-state index >= 15 is 0 Å². The van der Waals surface area contributed by atoms with Gasteiger partial charge in [-0.1, -0.05) is 24.3 Å². The Labute approximate surface area is 127 Å². The molecule has 1 aliphatic rings. The maximum Gasteiger partial charge on any atom is 0.268 e. The Balaban J connectivity index is 1.98. The van der Waals surface area contributed by atoms with Crippen LogP contribution in [0.5, 0.6) is 0 Å². The minimum absolute atomic E-state index is 0.336. The van der Waals surface area contributed by atoms with Gasteiger partial charge in [0.1, 0.15) is 0 Å². The molecule has 1 atom stereocenters. The highest BCUT2D eigenvalue weighted by Crippen LogP contribution is 2.43. The van der Waals surface area contributed by atoms with Crippen LogP contribution in [0.1, 0.15) is 11.1 Å². The maximum atomic E-state index is 12.7. The minimum atomic E-state index is -1.64. The fourth-order valence-corrected chi connectivity index (χ4v) is 3.21. The van der Waals surface area contributed by atoms with E-state index in [1.54, 1.807) is 30.1 Å². The number of hydrogen-bond donors (Lipinski definition) is 1. The van der Waals surface area contributed by atoms with Gasteiger partial charge in [0.25, 0.3) is 5.91 Å². The molecule has 22 heavy (non-hydrogen) atoms. The first-order valence-electron chi connectivity index (χ1n) is 7.06. The van der Waals surface area contributed by atoms with E-state index in [-0.39, 0.29) is 5.91 Å². The van der Waals surface area contributed by atoms with Crippen LogP contribution in [0.2, 0.25) is 0 Å². The highest BCUT2D eigenvalue weighted by Gasteiger charge is 2.49. The fourth-order valence-electron chi connectivity index (χ4n) is 3.21. The topological polar surface area (TPSA) is 58.4 Å². The third kappa shape index (κ3) is 1.46. The van der Waals surface area contributed by atoms with Crippen LogP contribution in [0.25, 0.3) is 10.9 Å². The lowest BCUT2D eigenvalue weighted by Crippen LogP contribution is -2.39. The zero-order valence-electron chi connectivity index (χ0n) is 12.3. The van der Waals surface area contributed by atoms with E-state index in [1.807, 2.05) is 37.4 Å². The minimum Gasteiger partial charge on any atom is -0.372 e. The standard InChI is InChI=1S/C17H15N3O2/c1-19-15-6-4-3-5-13(15)17(22,16(19)21)12-7-8-14-11(9-12)10-18-20(14)2/h3-10,22H,1-2H3. The summed E-state index contributed by atoms with van der Waals surface area (Å²) in [6.07, 6.45) is 1.73. The molecule has 1 aliphatic heterocycles. The van der Waals surface area contributed by atoms with Crippen LogP contribution >= 0.6 is 0 Å². The highest BCUT2D eigenvalue weighted by molar-refractivity contribution is 6.09. The smallest absolute Gasteiger partial charge is 0.268 e. The average Bonchev–Trinajstić information content (AvgIpc) is 3.01. The Hall–Kier alpha value is -2.66. The molecule has 5 nitrogen and oxygen atoms in total. The van der Waals surface area contributed by atoms with E-state index in [2.05, 4.69) is 5.10 Å². The molecule has 3 aromatic rings. The molecular weight excluding hydrogens is 278 g/mol. The average molecular weight is 293 g/mol. The number of anilines is 1. The van der Waals surface area contributed by atoms with E-state index < -0.39 is 5.60 Å². The molecule has 1 unspecified atom stereocenters. The van der Waals surface area contributed by atoms with Gasteiger partial charge < -0.3 is 10.0 Å². The molecule has 0 saturated carbocycles. The molecule has 2 heterocycles. The Morgan fingerprint density at radius 2 is 1.91 bits per heavy atom. The molecule has 110 valence electrons. The van der Waals surface area contributed by atoms with E-state index in [0.717, 1.165) is 16.6 Å². The van der Waals surface area contributed by atoms with E-state index in [1.165, 1.54) is 4.90 Å². The van der Waals surface area contributed by atoms with Gasteiger partial charge in [0, 0.05) is 25.0 Å². The first kappa shape index (κ1) is 13.0. The lowest BCUT2D eigenvalue weighted by molar-refractivity contribution is -0.131. The number of amides is 1. The van der Waals surface area contributed by atoms with Crippen molar-refractivity contribution in [1.82, 2.24) is 9.78 Å². The highest BCUT2D eigenvalue weighted by atomic mass is 16.3. The van der Waals surface area contributed by atoms with Gasteiger partial charge in [-0.3, -0.25) is 9.48 Å². The number of carbonyl (C=O) groups excluding carboxylic acids is 1. The van der Waals surface area contributed by atoms with Crippen molar-refractivity contribution in [3.63, 3.8) is 0 Å². The number of aromatic nitrogens is 2. The van der Waals surface area contributed by atoms with Crippen LogP contribution in [-0.2, 0) is 17.4 Å². The largest absolute Gasteiger partial charge is 0.372 e. The van der Waals surface area contributed by atoms with Gasteiger partial charge in [-0.2, -0.15) is 5.10 Å². The summed E-state index contributed by atoms with van der Waals surface area (Å²) in [5.74, 6) is -0.336. The van der Waals surface area contributed by atoms with Crippen molar-refractivity contribution in [1.29, 1.82) is 0 Å². The van der Waals surface area contributed by atoms with Crippen molar-refractivity contribution in [2.45, 2.75) is 5.60 Å². The summed E-state index contributed by atoms with van der Waals surface area (Å²) in [7, 11) is 3.54. The number of likely N-dealkylation sites (N-methyl/N-ethyl adjacent to an activating group) is 1. The second-order valence-electron chi connectivity index (χ2n) is 5.63. The Morgan fingerprint density at radius 3 is 2.73 bits per heavy atom. The summed E-state index contributed by atoms with van der Waals surface area (Å²) in [6.45, 7) is 0. The predicted octanol–water partition coefficient (Wildman–Crippen LogP) is 1.79. The number of para-hydroxylation sites is 1. The van der Waals surface area contributed by atoms with Crippen molar-refractivity contribution >= 4 is 22.5 Å². The Bertz CT molecular complexity index is 915. The lowest BCUT2D eigenvalue weighted by Gasteiger charge is -2.22. The lowest BCUT2D eigenvalue weighted by atomic mass is 9.87. The second kappa shape index (κ2) is 4.18. The molecule has 0 radical (unpaired) electrons. The molecule has 0 saturated heterocycles. The second-order valence-corrected chi connectivity index (χ2v) is 5.63. The van der Waals surface area contributed by atoms with Crippen LogP contribution in [0.3, 0.4) is 0 Å². The summed E-state index contributed by atoms with van der Waals surface area (Å²) in [5.41, 5.74) is 1.23. The van der Waals surface area contributed by atoms with Crippen LogP contribution in [0.4, 0.5) is 5.69 Å². The molecule has 1 N–H and O–H groups in total. The molecular formula is C17H15N3O2. The van der Waals surface area contributed by atoms with Crippen molar-refractivity contribution in [3.8, 4) is 0 Å². The van der Waals surface area contributed by atoms with Gasteiger partial charge in [-0.05, 0) is 23.8 Å². The number of hydrogen-bond acceptors (Lipinski definition) is 3. The monoisotopic (exact) mass is 293 g/mol. The van der Waals surface area contributed by atoms with Crippen LogP contribution in [-0.4, -0.2) is 27.8 Å². The zero-order chi connectivity index (χ0) is 15.5. The van der Waals surface area contributed by atoms with Gasteiger partial charge in [-0.25, -0.2) is 0 Å². The third-order valence-corrected chi connectivity index (χ3v) is 4.43. The number of benzene rings is 2. The SMILES string of the molecule is CN1C(=O)C(O)(c2ccc3c(cnn3C)c2)c2ccccc21. The quantitative estimate of drug-likeness (QED) is 0.744. The van der Waals surface area contributed by atoms with Crippen molar-refractivity contribution < 1.29 is 9.90 Å². The zero-order valence-corrected chi connectivity index (χ0v) is 12.3. The van der Waals surface area contributed by atoms with E-state index in [9.17, 15) is 9.90 Å². The first-order valence-corrected chi connectivity index (χ1v) is 7.06. The normalized spacial score (nSPS) is 20.7. The van der Waals surface area contributed by atoms with Crippen LogP contribution in [0.15, 0.2) is 48.7 Å².